The Labute approximate surface area is 80.5 Å². The first-order chi connectivity index (χ1) is 6.25. The first-order valence-electron chi connectivity index (χ1n) is 5.08. The smallest absolute Gasteiger partial charge is 0.158 e. The molecule has 1 rings (SSSR count). The van der Waals surface area contributed by atoms with Gasteiger partial charge in [0.05, 0.1) is 0 Å². The summed E-state index contributed by atoms with van der Waals surface area (Å²) in [7, 11) is 0. The summed E-state index contributed by atoms with van der Waals surface area (Å²) in [5.41, 5.74) is 2.44. The van der Waals surface area contributed by atoms with Crippen LogP contribution in [0.3, 0.4) is 0 Å². The van der Waals surface area contributed by atoms with E-state index in [0.717, 1.165) is 31.3 Å². The second kappa shape index (κ2) is 5.00. The maximum absolute atomic E-state index is 11.2. The van der Waals surface area contributed by atoms with E-state index in [1.54, 1.807) is 0 Å². The fourth-order valence-corrected chi connectivity index (χ4v) is 1.78. The summed E-state index contributed by atoms with van der Waals surface area (Å²) in [6, 6.07) is 0. The second-order valence-electron chi connectivity index (χ2n) is 3.69. The molecule has 0 spiro atoms. The van der Waals surface area contributed by atoms with Crippen LogP contribution in [-0.4, -0.2) is 5.78 Å². The van der Waals surface area contributed by atoms with Crippen molar-refractivity contribution in [1.29, 1.82) is 0 Å². The Morgan fingerprint density at radius 3 is 2.69 bits per heavy atom. The Bertz CT molecular complexity index is 236. The van der Waals surface area contributed by atoms with Gasteiger partial charge in [0, 0.05) is 6.42 Å². The molecule has 0 unspecified atom stereocenters. The van der Waals surface area contributed by atoms with Gasteiger partial charge in [-0.3, -0.25) is 4.79 Å². The largest absolute Gasteiger partial charge is 0.295 e. The molecule has 0 aromatic heterocycles. The molecule has 0 aliphatic heterocycles. The first-order valence-corrected chi connectivity index (χ1v) is 5.08. The molecule has 0 bridgehead atoms. The molecule has 0 radical (unpaired) electrons. The van der Waals surface area contributed by atoms with Crippen molar-refractivity contribution in [2.75, 3.05) is 0 Å². The highest BCUT2D eigenvalue weighted by Crippen LogP contribution is 2.26. The number of carbonyl (C=O) groups is 1. The molecule has 1 heteroatoms. The highest BCUT2D eigenvalue weighted by molar-refractivity contribution is 5.98. The van der Waals surface area contributed by atoms with Gasteiger partial charge in [-0.15, -0.1) is 6.58 Å². The van der Waals surface area contributed by atoms with Gasteiger partial charge < -0.3 is 0 Å². The monoisotopic (exact) mass is 178 g/mol. The van der Waals surface area contributed by atoms with Crippen molar-refractivity contribution in [3.05, 3.63) is 23.8 Å². The number of hydrogen-bond acceptors (Lipinski definition) is 1. The maximum Gasteiger partial charge on any atom is 0.158 e. The number of unbranched alkanes of at least 4 members (excludes halogenated alkanes) is 2. The van der Waals surface area contributed by atoms with Crippen molar-refractivity contribution < 1.29 is 4.79 Å². The summed E-state index contributed by atoms with van der Waals surface area (Å²) < 4.78 is 0. The zero-order chi connectivity index (χ0) is 9.68. The number of allylic oxidation sites excluding steroid dienone is 3. The van der Waals surface area contributed by atoms with E-state index in [2.05, 4.69) is 6.58 Å². The normalized spacial score (nSPS) is 16.8. The zero-order valence-electron chi connectivity index (χ0n) is 8.44. The highest BCUT2D eigenvalue weighted by atomic mass is 16.1. The molecule has 1 aliphatic carbocycles. The Hall–Kier alpha value is -0.850. The van der Waals surface area contributed by atoms with Crippen LogP contribution < -0.4 is 0 Å². The summed E-state index contributed by atoms with van der Waals surface area (Å²) >= 11 is 0. The lowest BCUT2D eigenvalue weighted by molar-refractivity contribution is -0.114. The van der Waals surface area contributed by atoms with E-state index in [1.165, 1.54) is 18.4 Å². The van der Waals surface area contributed by atoms with Crippen LogP contribution in [0.1, 0.15) is 45.4 Å². The van der Waals surface area contributed by atoms with E-state index in [1.807, 2.05) is 13.0 Å². The molecule has 0 saturated carbocycles. The Kier molecular flexibility index (Phi) is 3.94. The molecule has 13 heavy (non-hydrogen) atoms. The van der Waals surface area contributed by atoms with Gasteiger partial charge in [-0.2, -0.15) is 0 Å². The summed E-state index contributed by atoms with van der Waals surface area (Å²) in [4.78, 5) is 11.2. The molecule has 1 nitrogen and oxygen atoms in total. The second-order valence-corrected chi connectivity index (χ2v) is 3.69. The summed E-state index contributed by atoms with van der Waals surface area (Å²) in [5.74, 6) is 0.360. The van der Waals surface area contributed by atoms with Crippen molar-refractivity contribution in [3.8, 4) is 0 Å². The van der Waals surface area contributed by atoms with E-state index >= 15 is 0 Å². The number of rotatable bonds is 5. The maximum atomic E-state index is 11.2. The minimum atomic E-state index is 0.360. The van der Waals surface area contributed by atoms with Crippen LogP contribution >= 0.6 is 0 Å². The molecular weight excluding hydrogens is 160 g/mol. The highest BCUT2D eigenvalue weighted by Gasteiger charge is 2.17. The van der Waals surface area contributed by atoms with Gasteiger partial charge in [-0.25, -0.2) is 0 Å². The molecule has 0 saturated heterocycles. The lowest BCUT2D eigenvalue weighted by Crippen LogP contribution is -1.90. The predicted octanol–water partition coefficient (Wildman–Crippen LogP) is 3.41. The van der Waals surface area contributed by atoms with Gasteiger partial charge in [0.25, 0.3) is 0 Å². The average Bonchev–Trinajstić information content (AvgIpc) is 2.43. The van der Waals surface area contributed by atoms with Crippen LogP contribution in [0.4, 0.5) is 0 Å². The van der Waals surface area contributed by atoms with E-state index in [9.17, 15) is 4.79 Å². The van der Waals surface area contributed by atoms with E-state index in [0.29, 0.717) is 5.78 Å². The molecule has 0 N–H and O–H groups in total. The van der Waals surface area contributed by atoms with Gasteiger partial charge in [-0.1, -0.05) is 11.6 Å². The van der Waals surface area contributed by atoms with Gasteiger partial charge in [0.15, 0.2) is 5.78 Å². The van der Waals surface area contributed by atoms with E-state index in [4.69, 9.17) is 0 Å². The predicted molar refractivity (Wildman–Crippen MR) is 55.6 cm³/mol. The number of ketones is 1. The van der Waals surface area contributed by atoms with Crippen molar-refractivity contribution >= 4 is 5.78 Å². The molecule has 0 fully saturated rings. The average molecular weight is 178 g/mol. The van der Waals surface area contributed by atoms with Crippen molar-refractivity contribution in [1.82, 2.24) is 0 Å². The molecule has 0 amide bonds. The topological polar surface area (TPSA) is 17.1 Å². The van der Waals surface area contributed by atoms with Crippen LogP contribution in [0.2, 0.25) is 0 Å². The molecule has 0 aromatic rings. The summed E-state index contributed by atoms with van der Waals surface area (Å²) in [5, 5.41) is 0. The molecule has 0 atom stereocenters. The molecule has 0 heterocycles. The first kappa shape index (κ1) is 10.2. The third-order valence-corrected chi connectivity index (χ3v) is 2.74. The van der Waals surface area contributed by atoms with Crippen LogP contribution in [-0.2, 0) is 4.79 Å². The van der Waals surface area contributed by atoms with Gasteiger partial charge in [0.1, 0.15) is 0 Å². The molecule has 0 aromatic carbocycles. The molecule has 72 valence electrons. The van der Waals surface area contributed by atoms with E-state index in [-0.39, 0.29) is 0 Å². The Morgan fingerprint density at radius 1 is 1.38 bits per heavy atom. The zero-order valence-corrected chi connectivity index (χ0v) is 8.44. The third-order valence-electron chi connectivity index (χ3n) is 2.74. The fourth-order valence-electron chi connectivity index (χ4n) is 1.78. The van der Waals surface area contributed by atoms with Crippen LogP contribution in [0.25, 0.3) is 0 Å². The van der Waals surface area contributed by atoms with Crippen LogP contribution in [0.15, 0.2) is 23.8 Å². The lowest BCUT2D eigenvalue weighted by atomic mass is 10.0. The SMILES string of the molecule is C=CCCCCC1=C(C)C(=O)CC1. The van der Waals surface area contributed by atoms with Crippen molar-refractivity contribution in [3.63, 3.8) is 0 Å². The third kappa shape index (κ3) is 2.83. The van der Waals surface area contributed by atoms with Crippen molar-refractivity contribution in [2.24, 2.45) is 0 Å². The summed E-state index contributed by atoms with van der Waals surface area (Å²) in [6.45, 7) is 5.66. The van der Waals surface area contributed by atoms with E-state index < -0.39 is 0 Å². The van der Waals surface area contributed by atoms with Gasteiger partial charge in [0.2, 0.25) is 0 Å². The van der Waals surface area contributed by atoms with Gasteiger partial charge in [-0.05, 0) is 44.6 Å². The quantitative estimate of drug-likeness (QED) is 0.465. The standard InChI is InChI=1S/C12H18O/c1-3-4-5-6-7-11-8-9-12(13)10(11)2/h3H,1,4-9H2,2H3. The molecule has 1 aliphatic rings. The Balaban J connectivity index is 2.29. The van der Waals surface area contributed by atoms with Crippen LogP contribution in [0, 0.1) is 0 Å². The number of Topliss-reactive ketones (excluding diaryl/α,β-unsaturated/α-hetero) is 1. The van der Waals surface area contributed by atoms with Gasteiger partial charge >= 0.3 is 0 Å². The summed E-state index contributed by atoms with van der Waals surface area (Å²) in [6.07, 6.45) is 8.34. The lowest BCUT2D eigenvalue weighted by Gasteiger charge is -2.01. The minimum Gasteiger partial charge on any atom is -0.295 e. The number of carbonyl (C=O) groups excluding carboxylic acids is 1. The van der Waals surface area contributed by atoms with Crippen molar-refractivity contribution in [2.45, 2.75) is 45.4 Å². The minimum absolute atomic E-state index is 0.360. The molecular formula is C12H18O. The number of hydrogen-bond donors (Lipinski definition) is 0. The fraction of sp³-hybridized carbons (Fsp3) is 0.583. The van der Waals surface area contributed by atoms with Crippen LogP contribution in [0.5, 0.6) is 0 Å². The Morgan fingerprint density at radius 2 is 2.15 bits per heavy atom.